The Morgan fingerprint density at radius 3 is 1.13 bits per heavy atom. The van der Waals surface area contributed by atoms with E-state index in [1.165, 1.54) is 194 Å². The molecule has 0 amide bonds. The van der Waals surface area contributed by atoms with E-state index in [-0.39, 0.29) is 0 Å². The van der Waals surface area contributed by atoms with Crippen LogP contribution in [0.15, 0.2) is 146 Å². The Kier molecular flexibility index (Phi) is 20.7. The third kappa shape index (κ3) is 14.0. The molecule has 2 aliphatic rings. The molecule has 10 rings (SSSR count). The molecule has 354 valence electrons. The van der Waals surface area contributed by atoms with Gasteiger partial charge in [0.2, 0.25) is 0 Å². The van der Waals surface area contributed by atoms with Crippen LogP contribution in [0, 0.1) is 10.8 Å². The molecular formula is C64H76Cl2SiZr. The van der Waals surface area contributed by atoms with Crippen molar-refractivity contribution in [3.05, 3.63) is 157 Å². The average Bonchev–Trinajstić information content (AvgIpc) is 4.03. The van der Waals surface area contributed by atoms with E-state index in [9.17, 15) is 0 Å². The monoisotopic (exact) mass is 1030 g/mol. The summed E-state index contributed by atoms with van der Waals surface area (Å²) in [7, 11) is 11.0. The van der Waals surface area contributed by atoms with Crippen molar-refractivity contribution in [1.82, 2.24) is 0 Å². The van der Waals surface area contributed by atoms with Gasteiger partial charge in [-0.3, -0.25) is 0 Å². The molecule has 4 heteroatoms. The van der Waals surface area contributed by atoms with Gasteiger partial charge in [0, 0.05) is 9.52 Å². The van der Waals surface area contributed by atoms with Crippen molar-refractivity contribution in [1.29, 1.82) is 0 Å². The summed E-state index contributed by atoms with van der Waals surface area (Å²) >= 11 is -0.826. The summed E-state index contributed by atoms with van der Waals surface area (Å²) in [6.45, 7) is 9.17. The fourth-order valence-electron chi connectivity index (χ4n) is 11.9. The second-order valence-corrected chi connectivity index (χ2v) is 25.1. The molecule has 2 radical (unpaired) electrons. The molecule has 0 unspecified atom stereocenters. The molecule has 2 fully saturated rings. The summed E-state index contributed by atoms with van der Waals surface area (Å²) in [5.41, 5.74) is 9.48. The fourth-order valence-corrected chi connectivity index (χ4v) is 11.9. The van der Waals surface area contributed by atoms with Gasteiger partial charge in [-0.25, -0.2) is 0 Å². The van der Waals surface area contributed by atoms with E-state index < -0.39 is 20.8 Å². The maximum atomic E-state index is 4.93. The zero-order chi connectivity index (χ0) is 47.6. The fraction of sp³-hybridized carbons (Fsp3) is 0.406. The van der Waals surface area contributed by atoms with Crippen LogP contribution in [0.2, 0.25) is 13.1 Å². The predicted molar refractivity (Wildman–Crippen MR) is 301 cm³/mol. The standard InChI is InChI=1S/2C31H35.C2H6Si.2ClH.Zr/c2*1-2-31(18-9-5-3-4-6-10-19-31)23-24-20-27-14-11-15-29(30(27)21-24)28-17-16-25-12-7-8-13-26(25)22-28;1-3-2;;;/h2*7-8,11-17,20-22H,2-6,9-10,18-19,23H2,1H3;1-2H3;2*1H;/q2*-1;;;;+4/p-2. The van der Waals surface area contributed by atoms with E-state index in [2.05, 4.69) is 173 Å². The van der Waals surface area contributed by atoms with Gasteiger partial charge < -0.3 is 0 Å². The van der Waals surface area contributed by atoms with Crippen LogP contribution in [0.3, 0.4) is 0 Å². The SMILES string of the molecule is CCC1(Cc2cc3c(-c4ccc5ccccc5c4)cccc3[cH-]2)CCCCCCCC1.CCC1(Cc2cc3c(-c4ccc5ccccc5c4)cccc3[cH-]2)CCCCCCCC1.C[Si]C.[Cl][Zr+2][Cl]. The first-order valence-corrected chi connectivity index (χ1v) is 34.6. The van der Waals surface area contributed by atoms with Crippen LogP contribution in [0.5, 0.6) is 0 Å². The van der Waals surface area contributed by atoms with E-state index in [0.717, 1.165) is 9.52 Å². The van der Waals surface area contributed by atoms with Crippen LogP contribution in [-0.2, 0) is 33.7 Å². The maximum absolute atomic E-state index is 4.93. The normalized spacial score (nSPS) is 16.2. The molecule has 8 aromatic rings. The molecule has 0 atom stereocenters. The van der Waals surface area contributed by atoms with Crippen molar-refractivity contribution in [2.75, 3.05) is 0 Å². The second kappa shape index (κ2) is 26.8. The van der Waals surface area contributed by atoms with Crippen molar-refractivity contribution < 1.29 is 20.8 Å². The molecule has 0 nitrogen and oxygen atoms in total. The summed E-state index contributed by atoms with van der Waals surface area (Å²) in [6.07, 6.45) is 27.9. The van der Waals surface area contributed by atoms with Gasteiger partial charge in [0.15, 0.2) is 0 Å². The number of benzene rings is 6. The van der Waals surface area contributed by atoms with E-state index in [4.69, 9.17) is 17.0 Å². The molecule has 2 saturated carbocycles. The summed E-state index contributed by atoms with van der Waals surface area (Å²) in [6, 6.07) is 54.7. The Bertz CT molecular complexity index is 2550. The third-order valence-electron chi connectivity index (χ3n) is 15.7. The van der Waals surface area contributed by atoms with Gasteiger partial charge >= 0.3 is 37.9 Å². The Morgan fingerprint density at radius 1 is 0.441 bits per heavy atom. The summed E-state index contributed by atoms with van der Waals surface area (Å²) in [4.78, 5) is 0. The van der Waals surface area contributed by atoms with Crippen LogP contribution in [0.4, 0.5) is 0 Å². The molecule has 68 heavy (non-hydrogen) atoms. The van der Waals surface area contributed by atoms with Crippen molar-refractivity contribution in [3.8, 4) is 22.3 Å². The predicted octanol–water partition coefficient (Wildman–Crippen LogP) is 21.1. The van der Waals surface area contributed by atoms with Gasteiger partial charge in [0.25, 0.3) is 0 Å². The molecule has 8 aromatic carbocycles. The minimum atomic E-state index is -0.826. The van der Waals surface area contributed by atoms with Crippen LogP contribution in [-0.4, -0.2) is 9.52 Å². The van der Waals surface area contributed by atoms with Gasteiger partial charge in [-0.1, -0.05) is 213 Å². The molecule has 0 bridgehead atoms. The van der Waals surface area contributed by atoms with Crippen molar-refractivity contribution in [2.45, 2.75) is 155 Å². The topological polar surface area (TPSA) is 0 Å². The second-order valence-electron chi connectivity index (χ2n) is 20.3. The first-order chi connectivity index (χ1) is 33.4. The number of halogens is 2. The van der Waals surface area contributed by atoms with Crippen LogP contribution in [0.25, 0.3) is 65.3 Å². The third-order valence-corrected chi connectivity index (χ3v) is 15.7. The van der Waals surface area contributed by atoms with E-state index in [0.29, 0.717) is 10.8 Å². The molecule has 0 spiro atoms. The van der Waals surface area contributed by atoms with E-state index in [1.807, 2.05) is 0 Å². The van der Waals surface area contributed by atoms with Crippen molar-refractivity contribution >= 4 is 69.6 Å². The minimum absolute atomic E-state index is 0.498. The molecule has 2 aliphatic carbocycles. The first-order valence-electron chi connectivity index (χ1n) is 26.3. The summed E-state index contributed by atoms with van der Waals surface area (Å²) in [5.74, 6) is 0. The number of hydrogen-bond donors (Lipinski definition) is 0. The summed E-state index contributed by atoms with van der Waals surface area (Å²) in [5, 5.41) is 10.9. The van der Waals surface area contributed by atoms with Gasteiger partial charge in [-0.05, 0) is 94.2 Å². The quantitative estimate of drug-likeness (QED) is 0.105. The molecule has 0 N–H and O–H groups in total. The Hall–Kier alpha value is -3.26. The van der Waals surface area contributed by atoms with Gasteiger partial charge in [-0.2, -0.15) is 12.1 Å². The number of fused-ring (bicyclic) bond motifs is 4. The zero-order valence-electron chi connectivity index (χ0n) is 41.8. The first kappa shape index (κ1) is 52.6. The van der Waals surface area contributed by atoms with E-state index >= 15 is 0 Å². The van der Waals surface area contributed by atoms with Crippen molar-refractivity contribution in [2.24, 2.45) is 10.8 Å². The Labute approximate surface area is 432 Å². The van der Waals surface area contributed by atoms with Crippen molar-refractivity contribution in [3.63, 3.8) is 0 Å². The van der Waals surface area contributed by atoms with Gasteiger partial charge in [0.05, 0.1) is 0 Å². The molecule has 0 aliphatic heterocycles. The number of hydrogen-bond acceptors (Lipinski definition) is 0. The van der Waals surface area contributed by atoms with Crippen LogP contribution >= 0.6 is 17.0 Å². The average molecular weight is 1040 g/mol. The van der Waals surface area contributed by atoms with Gasteiger partial charge in [-0.15, -0.1) is 69.1 Å². The van der Waals surface area contributed by atoms with E-state index in [1.54, 1.807) is 11.1 Å². The van der Waals surface area contributed by atoms with Crippen LogP contribution < -0.4 is 0 Å². The summed E-state index contributed by atoms with van der Waals surface area (Å²) < 4.78 is 0. The molecule has 0 heterocycles. The Morgan fingerprint density at radius 2 is 0.779 bits per heavy atom. The molecular weight excluding hydrogens is 959 g/mol. The van der Waals surface area contributed by atoms with Gasteiger partial charge in [0.1, 0.15) is 0 Å². The number of rotatable bonds is 8. The zero-order valence-corrected chi connectivity index (χ0v) is 46.7. The molecule has 0 aromatic heterocycles. The molecule has 0 saturated heterocycles. The van der Waals surface area contributed by atoms with Crippen LogP contribution in [0.1, 0.15) is 141 Å². The Balaban J connectivity index is 0.000000181.